The van der Waals surface area contributed by atoms with Gasteiger partial charge in [0.1, 0.15) is 0 Å². The van der Waals surface area contributed by atoms with Crippen molar-refractivity contribution < 1.29 is 9.90 Å². The van der Waals surface area contributed by atoms with E-state index in [1.807, 2.05) is 20.8 Å². The Bertz CT molecular complexity index is 564. The minimum absolute atomic E-state index is 0.00217. The van der Waals surface area contributed by atoms with Gasteiger partial charge in [0.05, 0.1) is 23.3 Å². The lowest BCUT2D eigenvalue weighted by Gasteiger charge is -2.09. The predicted molar refractivity (Wildman–Crippen MR) is 77.0 cm³/mol. The molecule has 0 saturated heterocycles. The highest BCUT2D eigenvalue weighted by Gasteiger charge is 2.09. The largest absolute Gasteiger partial charge is 0.481 e. The van der Waals surface area contributed by atoms with Crippen molar-refractivity contribution in [2.24, 2.45) is 0 Å². The van der Waals surface area contributed by atoms with E-state index in [0.29, 0.717) is 10.7 Å². The van der Waals surface area contributed by atoms with E-state index in [9.17, 15) is 4.79 Å². The highest BCUT2D eigenvalue weighted by molar-refractivity contribution is 6.30. The molecule has 1 heterocycles. The number of nitrogens with zero attached hydrogens (tertiary/aromatic N) is 2. The van der Waals surface area contributed by atoms with Gasteiger partial charge in [0.25, 0.3) is 0 Å². The number of carboxylic acid groups (broad SMARTS) is 1. The molecular weight excluding hydrogens is 264 g/mol. The fraction of sp³-hybridized carbons (Fsp3) is 0.286. The Balaban J connectivity index is 3.00. The molecule has 0 atom stereocenters. The third kappa shape index (κ3) is 4.41. The number of aromatic nitrogens is 2. The monoisotopic (exact) mass is 280 g/mol. The average Bonchev–Trinajstić information content (AvgIpc) is 2.72. The van der Waals surface area contributed by atoms with Crippen LogP contribution in [0.25, 0.3) is 5.70 Å². The van der Waals surface area contributed by atoms with Gasteiger partial charge < -0.3 is 5.11 Å². The second-order valence-electron chi connectivity index (χ2n) is 4.47. The fourth-order valence-corrected chi connectivity index (χ4v) is 1.86. The lowest BCUT2D eigenvalue weighted by atomic mass is 9.99. The van der Waals surface area contributed by atoms with E-state index in [0.717, 1.165) is 16.7 Å². The van der Waals surface area contributed by atoms with Gasteiger partial charge in [-0.15, -0.1) is 0 Å². The molecule has 0 amide bonds. The van der Waals surface area contributed by atoms with Crippen LogP contribution in [0.3, 0.4) is 0 Å². The van der Waals surface area contributed by atoms with Gasteiger partial charge in [-0.3, -0.25) is 4.79 Å². The van der Waals surface area contributed by atoms with Crippen molar-refractivity contribution in [2.75, 3.05) is 0 Å². The summed E-state index contributed by atoms with van der Waals surface area (Å²) in [7, 11) is 0. The number of rotatable bonds is 5. The van der Waals surface area contributed by atoms with E-state index in [-0.39, 0.29) is 6.42 Å². The standard InChI is InChI=1S/C14H17ClN2O2/c1-9(2)13(6-14(18)19)10(3)5-11(4)17-8-12(15)7-16-17/h5,7-8H,4,6H2,1-3H3,(H,18,19)/b10-5-. The molecule has 1 rings (SSSR count). The molecular formula is C14H17ClN2O2. The molecule has 4 nitrogen and oxygen atoms in total. The first-order chi connectivity index (χ1) is 8.81. The summed E-state index contributed by atoms with van der Waals surface area (Å²) in [6.45, 7) is 9.54. The van der Waals surface area contributed by atoms with Crippen molar-refractivity contribution in [1.82, 2.24) is 9.78 Å². The summed E-state index contributed by atoms with van der Waals surface area (Å²) in [5, 5.41) is 13.5. The molecule has 0 radical (unpaired) electrons. The van der Waals surface area contributed by atoms with Crippen molar-refractivity contribution in [3.63, 3.8) is 0 Å². The summed E-state index contributed by atoms with van der Waals surface area (Å²) in [4.78, 5) is 10.9. The SMILES string of the molecule is C=C(/C=C(/C)C(CC(=O)O)=C(C)C)n1cc(Cl)cn1. The van der Waals surface area contributed by atoms with Crippen LogP contribution in [0.2, 0.25) is 5.02 Å². The highest BCUT2D eigenvalue weighted by atomic mass is 35.5. The lowest BCUT2D eigenvalue weighted by molar-refractivity contribution is -0.136. The molecule has 5 heteroatoms. The molecule has 0 aliphatic heterocycles. The van der Waals surface area contributed by atoms with Crippen LogP contribution < -0.4 is 0 Å². The summed E-state index contributed by atoms with van der Waals surface area (Å²) >= 11 is 5.79. The Hall–Kier alpha value is -1.81. The number of carbonyl (C=O) groups is 1. The lowest BCUT2D eigenvalue weighted by Crippen LogP contribution is -2.01. The van der Waals surface area contributed by atoms with E-state index in [1.54, 1.807) is 17.0 Å². The zero-order valence-electron chi connectivity index (χ0n) is 11.3. The Morgan fingerprint density at radius 1 is 1.53 bits per heavy atom. The Labute approximate surface area is 117 Å². The van der Waals surface area contributed by atoms with Crippen molar-refractivity contribution >= 4 is 23.3 Å². The summed E-state index contributed by atoms with van der Waals surface area (Å²) < 4.78 is 1.55. The minimum atomic E-state index is -0.850. The summed E-state index contributed by atoms with van der Waals surface area (Å²) in [6.07, 6.45) is 4.97. The quantitative estimate of drug-likeness (QED) is 0.836. The molecule has 0 saturated carbocycles. The molecule has 0 bridgehead atoms. The van der Waals surface area contributed by atoms with Gasteiger partial charge in [0.15, 0.2) is 0 Å². The van der Waals surface area contributed by atoms with Crippen LogP contribution in [0.15, 0.2) is 41.8 Å². The van der Waals surface area contributed by atoms with Crippen LogP contribution in [0.4, 0.5) is 0 Å². The zero-order valence-corrected chi connectivity index (χ0v) is 12.0. The third-order valence-corrected chi connectivity index (χ3v) is 2.83. The molecule has 1 aromatic heterocycles. The highest BCUT2D eigenvalue weighted by Crippen LogP contribution is 2.21. The molecule has 0 aliphatic rings. The molecule has 19 heavy (non-hydrogen) atoms. The first kappa shape index (κ1) is 15.2. The molecule has 1 N–H and O–H groups in total. The Morgan fingerprint density at radius 2 is 2.16 bits per heavy atom. The second-order valence-corrected chi connectivity index (χ2v) is 4.91. The van der Waals surface area contributed by atoms with Gasteiger partial charge in [-0.2, -0.15) is 5.10 Å². The molecule has 0 aromatic carbocycles. The van der Waals surface area contributed by atoms with E-state index in [4.69, 9.17) is 16.7 Å². The van der Waals surface area contributed by atoms with E-state index in [1.165, 1.54) is 6.20 Å². The molecule has 0 spiro atoms. The van der Waals surface area contributed by atoms with Gasteiger partial charge in [-0.25, -0.2) is 4.68 Å². The summed E-state index contributed by atoms with van der Waals surface area (Å²) in [5.41, 5.74) is 3.27. The van der Waals surface area contributed by atoms with E-state index >= 15 is 0 Å². The fourth-order valence-electron chi connectivity index (χ4n) is 1.72. The molecule has 102 valence electrons. The van der Waals surface area contributed by atoms with Crippen molar-refractivity contribution in [1.29, 1.82) is 0 Å². The maximum absolute atomic E-state index is 10.9. The van der Waals surface area contributed by atoms with Crippen molar-refractivity contribution in [3.8, 4) is 0 Å². The predicted octanol–water partition coefficient (Wildman–Crippen LogP) is 3.76. The first-order valence-electron chi connectivity index (χ1n) is 5.77. The smallest absolute Gasteiger partial charge is 0.307 e. The van der Waals surface area contributed by atoms with Gasteiger partial charge in [0, 0.05) is 6.20 Å². The van der Waals surface area contributed by atoms with Crippen LogP contribution in [0, 0.1) is 0 Å². The number of carboxylic acids is 1. The van der Waals surface area contributed by atoms with E-state index in [2.05, 4.69) is 11.7 Å². The van der Waals surface area contributed by atoms with Crippen LogP contribution in [-0.2, 0) is 4.79 Å². The number of aliphatic carboxylic acids is 1. The summed E-state index contributed by atoms with van der Waals surface area (Å²) in [6, 6.07) is 0. The van der Waals surface area contributed by atoms with Gasteiger partial charge in [0.2, 0.25) is 0 Å². The van der Waals surface area contributed by atoms with Crippen molar-refractivity contribution in [2.45, 2.75) is 27.2 Å². The Morgan fingerprint density at radius 3 is 2.58 bits per heavy atom. The van der Waals surface area contributed by atoms with Crippen LogP contribution in [-0.4, -0.2) is 20.9 Å². The maximum atomic E-state index is 10.9. The maximum Gasteiger partial charge on any atom is 0.307 e. The van der Waals surface area contributed by atoms with Crippen LogP contribution in [0.1, 0.15) is 27.2 Å². The molecule has 0 unspecified atom stereocenters. The third-order valence-electron chi connectivity index (χ3n) is 2.64. The molecule has 1 aromatic rings. The number of allylic oxidation sites excluding steroid dienone is 4. The minimum Gasteiger partial charge on any atom is -0.481 e. The van der Waals surface area contributed by atoms with E-state index < -0.39 is 5.97 Å². The van der Waals surface area contributed by atoms with Gasteiger partial charge in [-0.1, -0.05) is 23.8 Å². The van der Waals surface area contributed by atoms with Crippen LogP contribution in [0.5, 0.6) is 0 Å². The summed E-state index contributed by atoms with van der Waals surface area (Å²) in [5.74, 6) is -0.850. The van der Waals surface area contributed by atoms with Gasteiger partial charge >= 0.3 is 5.97 Å². The molecule has 0 fully saturated rings. The number of hydrogen-bond donors (Lipinski definition) is 1. The first-order valence-corrected chi connectivity index (χ1v) is 6.15. The number of halogens is 1. The topological polar surface area (TPSA) is 55.1 Å². The average molecular weight is 281 g/mol. The van der Waals surface area contributed by atoms with Crippen molar-refractivity contribution in [3.05, 3.63) is 46.8 Å². The van der Waals surface area contributed by atoms with Crippen LogP contribution >= 0.6 is 11.6 Å². The normalized spacial score (nSPS) is 11.3. The van der Waals surface area contributed by atoms with Gasteiger partial charge in [-0.05, 0) is 38.0 Å². The second kappa shape index (κ2) is 6.38. The Kier molecular flexibility index (Phi) is 5.12. The number of hydrogen-bond acceptors (Lipinski definition) is 2. The zero-order chi connectivity index (χ0) is 14.6. The molecule has 0 aliphatic carbocycles.